The number of hydrogen-bond acceptors (Lipinski definition) is 4. The molecule has 1 aromatic carbocycles. The Labute approximate surface area is 110 Å². The molecule has 1 N–H and O–H groups in total. The van der Waals surface area contributed by atoms with Crippen LogP contribution in [0.1, 0.15) is 19.8 Å². The smallest absolute Gasteiger partial charge is 0.253 e. The number of carbonyl (C=O) groups excluding carboxylic acids is 2. The van der Waals surface area contributed by atoms with Gasteiger partial charge in [-0.15, -0.1) is 0 Å². The number of amides is 2. The minimum atomic E-state index is -0.360. The van der Waals surface area contributed by atoms with Crippen LogP contribution < -0.4 is 10.3 Å². The van der Waals surface area contributed by atoms with Crippen molar-refractivity contribution in [2.45, 2.75) is 19.8 Å². The summed E-state index contributed by atoms with van der Waals surface area (Å²) in [5.74, 6) is -0.430. The lowest BCUT2D eigenvalue weighted by Crippen LogP contribution is -2.19. The summed E-state index contributed by atoms with van der Waals surface area (Å²) in [7, 11) is 0. The molecule has 0 aromatic heterocycles. The molecule has 0 unspecified atom stereocenters. The molecule has 0 saturated carbocycles. The summed E-state index contributed by atoms with van der Waals surface area (Å²) in [5.41, 5.74) is 2.01. The third-order valence-electron chi connectivity index (χ3n) is 2.55. The van der Waals surface area contributed by atoms with E-state index in [0.29, 0.717) is 17.8 Å². The Hall–Kier alpha value is -2.68. The predicted octanol–water partition coefficient (Wildman–Crippen LogP) is 1.65. The standard InChI is InChI=1S/C13H12N4O2/c1-9-8-13(19)17(16-9)11-4-2-10(3-5-11)15-12(18)6-7-14/h2-5H,6,8H2,1H3,(H,15,18). The molecular formula is C13H12N4O2. The predicted molar refractivity (Wildman–Crippen MR) is 70.5 cm³/mol. The minimum absolute atomic E-state index is 0.0706. The van der Waals surface area contributed by atoms with Gasteiger partial charge in [0.25, 0.3) is 5.91 Å². The molecule has 96 valence electrons. The Balaban J connectivity index is 2.09. The van der Waals surface area contributed by atoms with Crippen molar-refractivity contribution >= 4 is 28.9 Å². The lowest BCUT2D eigenvalue weighted by molar-refractivity contribution is -0.117. The fourth-order valence-electron chi connectivity index (χ4n) is 1.72. The van der Waals surface area contributed by atoms with Gasteiger partial charge < -0.3 is 5.32 Å². The van der Waals surface area contributed by atoms with Crippen molar-refractivity contribution in [3.05, 3.63) is 24.3 Å². The molecule has 0 fully saturated rings. The highest BCUT2D eigenvalue weighted by Crippen LogP contribution is 2.22. The van der Waals surface area contributed by atoms with E-state index in [1.54, 1.807) is 37.3 Å². The molecule has 0 radical (unpaired) electrons. The van der Waals surface area contributed by atoms with Crippen molar-refractivity contribution in [3.8, 4) is 6.07 Å². The van der Waals surface area contributed by atoms with Gasteiger partial charge in [-0.25, -0.2) is 5.01 Å². The van der Waals surface area contributed by atoms with Crippen LogP contribution >= 0.6 is 0 Å². The van der Waals surface area contributed by atoms with Crippen LogP contribution in [0.5, 0.6) is 0 Å². The fourth-order valence-corrected chi connectivity index (χ4v) is 1.72. The number of benzene rings is 1. The maximum Gasteiger partial charge on any atom is 0.253 e. The van der Waals surface area contributed by atoms with Crippen LogP contribution in [0.15, 0.2) is 29.4 Å². The lowest BCUT2D eigenvalue weighted by atomic mass is 10.2. The summed E-state index contributed by atoms with van der Waals surface area (Å²) in [6.07, 6.45) is 0.149. The van der Waals surface area contributed by atoms with Gasteiger partial charge in [-0.05, 0) is 31.2 Å². The average molecular weight is 256 g/mol. The Morgan fingerprint density at radius 1 is 1.47 bits per heavy atom. The summed E-state index contributed by atoms with van der Waals surface area (Å²) in [4.78, 5) is 22.9. The Morgan fingerprint density at radius 2 is 2.16 bits per heavy atom. The first-order valence-corrected chi connectivity index (χ1v) is 5.74. The fraction of sp³-hybridized carbons (Fsp3) is 0.231. The van der Waals surface area contributed by atoms with E-state index in [2.05, 4.69) is 10.4 Å². The third-order valence-corrected chi connectivity index (χ3v) is 2.55. The molecule has 6 heteroatoms. The van der Waals surface area contributed by atoms with Gasteiger partial charge in [-0.2, -0.15) is 10.4 Å². The maximum atomic E-state index is 11.6. The Morgan fingerprint density at radius 3 is 2.68 bits per heavy atom. The topological polar surface area (TPSA) is 85.6 Å². The van der Waals surface area contributed by atoms with Crippen molar-refractivity contribution in [3.63, 3.8) is 0 Å². The highest BCUT2D eigenvalue weighted by Gasteiger charge is 2.22. The second-order valence-corrected chi connectivity index (χ2v) is 4.15. The van der Waals surface area contributed by atoms with Crippen LogP contribution in [-0.4, -0.2) is 17.5 Å². The average Bonchev–Trinajstić information content (AvgIpc) is 2.70. The molecule has 0 aliphatic carbocycles. The van der Waals surface area contributed by atoms with E-state index in [0.717, 1.165) is 5.71 Å². The maximum absolute atomic E-state index is 11.6. The van der Waals surface area contributed by atoms with Gasteiger partial charge in [-0.3, -0.25) is 9.59 Å². The Kier molecular flexibility index (Phi) is 3.57. The zero-order valence-corrected chi connectivity index (χ0v) is 10.4. The molecule has 2 amide bonds. The summed E-state index contributed by atoms with van der Waals surface area (Å²) >= 11 is 0. The summed E-state index contributed by atoms with van der Waals surface area (Å²) in [6, 6.07) is 8.50. The monoisotopic (exact) mass is 256 g/mol. The van der Waals surface area contributed by atoms with E-state index in [1.165, 1.54) is 5.01 Å². The molecule has 0 bridgehead atoms. The van der Waals surface area contributed by atoms with Crippen LogP contribution in [0.2, 0.25) is 0 Å². The number of rotatable bonds is 3. The third kappa shape index (κ3) is 2.96. The number of nitriles is 1. The molecule has 1 aliphatic rings. The van der Waals surface area contributed by atoms with Gasteiger partial charge in [0.1, 0.15) is 6.42 Å². The Bertz CT molecular complexity index is 584. The van der Waals surface area contributed by atoms with E-state index in [9.17, 15) is 9.59 Å². The van der Waals surface area contributed by atoms with Gasteiger partial charge in [0, 0.05) is 11.4 Å². The van der Waals surface area contributed by atoms with Crippen molar-refractivity contribution in [1.82, 2.24) is 0 Å². The van der Waals surface area contributed by atoms with Crippen molar-refractivity contribution in [2.75, 3.05) is 10.3 Å². The summed E-state index contributed by atoms with van der Waals surface area (Å²) < 4.78 is 0. The summed E-state index contributed by atoms with van der Waals surface area (Å²) in [6.45, 7) is 1.80. The highest BCUT2D eigenvalue weighted by atomic mass is 16.2. The van der Waals surface area contributed by atoms with E-state index in [-0.39, 0.29) is 18.2 Å². The molecule has 1 aromatic rings. The van der Waals surface area contributed by atoms with Crippen LogP contribution in [-0.2, 0) is 9.59 Å². The minimum Gasteiger partial charge on any atom is -0.325 e. The number of hydrazone groups is 1. The van der Waals surface area contributed by atoms with Crippen LogP contribution in [0.3, 0.4) is 0 Å². The number of hydrogen-bond donors (Lipinski definition) is 1. The lowest BCUT2D eigenvalue weighted by Gasteiger charge is -2.12. The van der Waals surface area contributed by atoms with Crippen molar-refractivity contribution < 1.29 is 9.59 Å². The SMILES string of the molecule is CC1=NN(c2ccc(NC(=O)CC#N)cc2)C(=O)C1. The van der Waals surface area contributed by atoms with Gasteiger partial charge in [0.15, 0.2) is 0 Å². The summed E-state index contributed by atoms with van der Waals surface area (Å²) in [5, 5.41) is 16.4. The largest absolute Gasteiger partial charge is 0.325 e. The molecule has 0 saturated heterocycles. The van der Waals surface area contributed by atoms with Crippen LogP contribution in [0.25, 0.3) is 0 Å². The van der Waals surface area contributed by atoms with Crippen LogP contribution in [0, 0.1) is 11.3 Å². The first kappa shape index (κ1) is 12.8. The second kappa shape index (κ2) is 5.31. The van der Waals surface area contributed by atoms with E-state index >= 15 is 0 Å². The van der Waals surface area contributed by atoms with Gasteiger partial charge >= 0.3 is 0 Å². The first-order valence-electron chi connectivity index (χ1n) is 5.74. The van der Waals surface area contributed by atoms with Crippen molar-refractivity contribution in [1.29, 1.82) is 5.26 Å². The molecular weight excluding hydrogens is 244 g/mol. The van der Waals surface area contributed by atoms with E-state index < -0.39 is 0 Å². The zero-order valence-electron chi connectivity index (χ0n) is 10.4. The molecule has 6 nitrogen and oxygen atoms in total. The van der Waals surface area contributed by atoms with Crippen molar-refractivity contribution in [2.24, 2.45) is 5.10 Å². The molecule has 2 rings (SSSR count). The number of nitrogens with zero attached hydrogens (tertiary/aromatic N) is 3. The quantitative estimate of drug-likeness (QED) is 0.892. The van der Waals surface area contributed by atoms with Crippen LogP contribution in [0.4, 0.5) is 11.4 Å². The van der Waals surface area contributed by atoms with Gasteiger partial charge in [0.05, 0.1) is 18.2 Å². The number of nitrogens with one attached hydrogen (secondary N) is 1. The number of anilines is 2. The van der Waals surface area contributed by atoms with Gasteiger partial charge in [-0.1, -0.05) is 0 Å². The first-order chi connectivity index (χ1) is 9.10. The highest BCUT2D eigenvalue weighted by molar-refractivity contribution is 6.12. The molecule has 1 aliphatic heterocycles. The molecule has 0 atom stereocenters. The number of carbonyl (C=O) groups is 2. The van der Waals surface area contributed by atoms with E-state index in [1.807, 2.05) is 0 Å². The molecule has 19 heavy (non-hydrogen) atoms. The second-order valence-electron chi connectivity index (χ2n) is 4.15. The zero-order chi connectivity index (χ0) is 13.8. The molecule has 0 spiro atoms. The van der Waals surface area contributed by atoms with E-state index in [4.69, 9.17) is 5.26 Å². The molecule has 1 heterocycles. The van der Waals surface area contributed by atoms with Gasteiger partial charge in [0.2, 0.25) is 5.91 Å². The normalized spacial score (nSPS) is 14.0.